The summed E-state index contributed by atoms with van der Waals surface area (Å²) >= 11 is 0. The zero-order chi connectivity index (χ0) is 12.6. The van der Waals surface area contributed by atoms with Crippen LogP contribution in [0.15, 0.2) is 24.3 Å². The van der Waals surface area contributed by atoms with Gasteiger partial charge in [-0.05, 0) is 12.1 Å². The van der Waals surface area contributed by atoms with Crippen LogP contribution in [0.25, 0.3) is 0 Å². The zero-order valence-electron chi connectivity index (χ0n) is 11.0. The molecule has 18 heavy (non-hydrogen) atoms. The molecule has 1 fully saturated rings. The Morgan fingerprint density at radius 3 is 2.78 bits per heavy atom. The number of quaternary nitrogens is 1. The van der Waals surface area contributed by atoms with Crippen molar-refractivity contribution in [3.8, 4) is 11.5 Å². The van der Waals surface area contributed by atoms with Crippen LogP contribution in [-0.2, 0) is 4.74 Å². The largest absolute Gasteiger partial charge is 0.497 e. The predicted octanol–water partition coefficient (Wildman–Crippen LogP) is 0.379. The highest BCUT2D eigenvalue weighted by molar-refractivity contribution is 5.32. The first-order valence-corrected chi connectivity index (χ1v) is 6.56. The third kappa shape index (κ3) is 4.20. The van der Waals surface area contributed by atoms with E-state index >= 15 is 0 Å². The summed E-state index contributed by atoms with van der Waals surface area (Å²) < 4.78 is 16.2. The van der Waals surface area contributed by atoms with Gasteiger partial charge >= 0.3 is 0 Å². The summed E-state index contributed by atoms with van der Waals surface area (Å²) in [5, 5.41) is 0. The molecule has 0 aromatic heterocycles. The molecule has 1 saturated heterocycles. The van der Waals surface area contributed by atoms with Crippen molar-refractivity contribution in [1.82, 2.24) is 0 Å². The Hall–Kier alpha value is -1.26. The Labute approximate surface area is 108 Å². The lowest BCUT2D eigenvalue weighted by Crippen LogP contribution is -3.14. The lowest BCUT2D eigenvalue weighted by molar-refractivity contribution is -0.908. The predicted molar refractivity (Wildman–Crippen MR) is 69.5 cm³/mol. The van der Waals surface area contributed by atoms with Crippen LogP contribution >= 0.6 is 0 Å². The molecule has 4 nitrogen and oxygen atoms in total. The maximum atomic E-state index is 5.71. The first-order chi connectivity index (χ1) is 8.88. The molecule has 1 heterocycles. The summed E-state index contributed by atoms with van der Waals surface area (Å²) in [6, 6.07) is 7.75. The van der Waals surface area contributed by atoms with E-state index in [0.29, 0.717) is 0 Å². The van der Waals surface area contributed by atoms with E-state index < -0.39 is 0 Å². The minimum Gasteiger partial charge on any atom is -0.497 e. The number of hydrogen-bond donors (Lipinski definition) is 1. The Balaban J connectivity index is 1.65. The zero-order valence-corrected chi connectivity index (χ0v) is 11.0. The van der Waals surface area contributed by atoms with Crippen molar-refractivity contribution in [2.24, 2.45) is 0 Å². The Morgan fingerprint density at radius 2 is 2.00 bits per heavy atom. The summed E-state index contributed by atoms with van der Waals surface area (Å²) in [7, 11) is 1.67. The van der Waals surface area contributed by atoms with Crippen LogP contribution in [0.4, 0.5) is 0 Å². The first-order valence-electron chi connectivity index (χ1n) is 6.56. The van der Waals surface area contributed by atoms with Gasteiger partial charge in [-0.15, -0.1) is 0 Å². The lowest BCUT2D eigenvalue weighted by atomic mass is 10.3. The smallest absolute Gasteiger partial charge is 0.122 e. The molecule has 1 aliphatic heterocycles. The molecular formula is C14H22NO3+. The third-order valence-corrected chi connectivity index (χ3v) is 3.18. The van der Waals surface area contributed by atoms with E-state index in [0.717, 1.165) is 57.4 Å². The van der Waals surface area contributed by atoms with Gasteiger partial charge < -0.3 is 19.1 Å². The number of nitrogens with one attached hydrogen (secondary N) is 1. The van der Waals surface area contributed by atoms with Crippen LogP contribution in [0.1, 0.15) is 6.42 Å². The molecule has 4 heteroatoms. The molecule has 2 rings (SSSR count). The van der Waals surface area contributed by atoms with E-state index in [1.54, 1.807) is 12.0 Å². The quantitative estimate of drug-likeness (QED) is 0.743. The van der Waals surface area contributed by atoms with Crippen molar-refractivity contribution in [3.05, 3.63) is 24.3 Å². The fraction of sp³-hybridized carbons (Fsp3) is 0.571. The molecule has 100 valence electrons. The standard InChI is InChI=1S/C14H21NO3/c1-16-13-4-2-5-14(12-13)18-9-3-6-15-7-10-17-11-8-15/h2,4-5,12H,3,6-11H2,1H3/p+1. The first kappa shape index (κ1) is 13.2. The van der Waals surface area contributed by atoms with Gasteiger partial charge in [-0.3, -0.25) is 0 Å². The summed E-state index contributed by atoms with van der Waals surface area (Å²) in [6.45, 7) is 5.96. The van der Waals surface area contributed by atoms with E-state index in [2.05, 4.69) is 0 Å². The molecule has 0 aliphatic carbocycles. The van der Waals surface area contributed by atoms with E-state index in [-0.39, 0.29) is 0 Å². The van der Waals surface area contributed by atoms with Crippen LogP contribution in [0, 0.1) is 0 Å². The molecule has 0 atom stereocenters. The molecule has 0 amide bonds. The van der Waals surface area contributed by atoms with Crippen LogP contribution in [0.5, 0.6) is 11.5 Å². The van der Waals surface area contributed by atoms with Crippen molar-refractivity contribution >= 4 is 0 Å². The second kappa shape index (κ2) is 7.24. The topological polar surface area (TPSA) is 32.1 Å². The average Bonchev–Trinajstić information content (AvgIpc) is 2.45. The minimum absolute atomic E-state index is 0.761. The van der Waals surface area contributed by atoms with Gasteiger partial charge in [-0.1, -0.05) is 6.07 Å². The van der Waals surface area contributed by atoms with Crippen LogP contribution < -0.4 is 14.4 Å². The molecule has 1 aliphatic rings. The van der Waals surface area contributed by atoms with Crippen molar-refractivity contribution in [2.45, 2.75) is 6.42 Å². The Morgan fingerprint density at radius 1 is 1.22 bits per heavy atom. The fourth-order valence-electron chi connectivity index (χ4n) is 2.11. The average molecular weight is 252 g/mol. The van der Waals surface area contributed by atoms with Crippen LogP contribution in [0.2, 0.25) is 0 Å². The maximum absolute atomic E-state index is 5.71. The highest BCUT2D eigenvalue weighted by atomic mass is 16.5. The summed E-state index contributed by atoms with van der Waals surface area (Å²) in [5.41, 5.74) is 0. The van der Waals surface area contributed by atoms with Crippen molar-refractivity contribution in [1.29, 1.82) is 0 Å². The van der Waals surface area contributed by atoms with Crippen LogP contribution in [0.3, 0.4) is 0 Å². The molecule has 0 spiro atoms. The molecule has 0 bridgehead atoms. The molecular weight excluding hydrogens is 230 g/mol. The monoisotopic (exact) mass is 252 g/mol. The number of methoxy groups -OCH3 is 1. The summed E-state index contributed by atoms with van der Waals surface area (Å²) in [4.78, 5) is 1.62. The van der Waals surface area contributed by atoms with Crippen LogP contribution in [-0.4, -0.2) is 46.6 Å². The van der Waals surface area contributed by atoms with Crippen molar-refractivity contribution < 1.29 is 19.1 Å². The van der Waals surface area contributed by atoms with E-state index in [1.807, 2.05) is 24.3 Å². The number of rotatable bonds is 6. The highest BCUT2D eigenvalue weighted by Gasteiger charge is 2.12. The lowest BCUT2D eigenvalue weighted by Gasteiger charge is -2.23. The Kier molecular flexibility index (Phi) is 5.30. The number of hydrogen-bond acceptors (Lipinski definition) is 3. The molecule has 0 saturated carbocycles. The van der Waals surface area contributed by atoms with Crippen molar-refractivity contribution in [3.63, 3.8) is 0 Å². The summed E-state index contributed by atoms with van der Waals surface area (Å²) in [6.07, 6.45) is 1.08. The van der Waals surface area contributed by atoms with Gasteiger partial charge in [0.15, 0.2) is 0 Å². The number of morpholine rings is 1. The van der Waals surface area contributed by atoms with E-state index in [4.69, 9.17) is 14.2 Å². The van der Waals surface area contributed by atoms with E-state index in [1.165, 1.54) is 0 Å². The molecule has 0 radical (unpaired) electrons. The van der Waals surface area contributed by atoms with Gasteiger partial charge in [0.25, 0.3) is 0 Å². The summed E-state index contributed by atoms with van der Waals surface area (Å²) in [5.74, 6) is 1.72. The molecule has 1 aromatic rings. The maximum Gasteiger partial charge on any atom is 0.122 e. The SMILES string of the molecule is COc1cccc(OCCC[NH+]2CCOCC2)c1. The van der Waals surface area contributed by atoms with Gasteiger partial charge in [0.05, 0.1) is 33.5 Å². The van der Waals surface area contributed by atoms with Crippen molar-refractivity contribution in [2.75, 3.05) is 46.6 Å². The number of benzene rings is 1. The van der Waals surface area contributed by atoms with Gasteiger partial charge in [-0.2, -0.15) is 0 Å². The van der Waals surface area contributed by atoms with Gasteiger partial charge in [-0.25, -0.2) is 0 Å². The highest BCUT2D eigenvalue weighted by Crippen LogP contribution is 2.18. The molecule has 1 aromatic carbocycles. The Bertz CT molecular complexity index is 351. The molecule has 0 unspecified atom stereocenters. The number of ether oxygens (including phenoxy) is 3. The second-order valence-electron chi connectivity index (χ2n) is 4.49. The van der Waals surface area contributed by atoms with Gasteiger partial charge in [0.2, 0.25) is 0 Å². The molecule has 1 N–H and O–H groups in total. The van der Waals surface area contributed by atoms with E-state index in [9.17, 15) is 0 Å². The normalized spacial score (nSPS) is 16.5. The fourth-order valence-corrected chi connectivity index (χ4v) is 2.11. The third-order valence-electron chi connectivity index (χ3n) is 3.18. The minimum atomic E-state index is 0.761. The second-order valence-corrected chi connectivity index (χ2v) is 4.49. The van der Waals surface area contributed by atoms with Gasteiger partial charge in [0.1, 0.15) is 24.6 Å². The van der Waals surface area contributed by atoms with Gasteiger partial charge in [0, 0.05) is 12.5 Å².